The van der Waals surface area contributed by atoms with Crippen LogP contribution in [0.2, 0.25) is 0 Å². The molecule has 4 rings (SSSR count). The Morgan fingerprint density at radius 2 is 2.08 bits per heavy atom. The normalized spacial score (nSPS) is 21.0. The molecule has 0 spiro atoms. The quantitative estimate of drug-likeness (QED) is 0.925. The second kappa shape index (κ2) is 6.91. The van der Waals surface area contributed by atoms with Gasteiger partial charge >= 0.3 is 0 Å². The van der Waals surface area contributed by atoms with E-state index in [0.717, 1.165) is 57.1 Å². The number of nitrogens with one attached hydrogen (secondary N) is 1. The molecule has 0 aromatic carbocycles. The average molecular weight is 324 g/mol. The van der Waals surface area contributed by atoms with Gasteiger partial charge in [0.1, 0.15) is 11.6 Å². The lowest BCUT2D eigenvalue weighted by Crippen LogP contribution is -2.31. The van der Waals surface area contributed by atoms with Gasteiger partial charge in [-0.15, -0.1) is 0 Å². The first kappa shape index (κ1) is 15.6. The van der Waals surface area contributed by atoms with Gasteiger partial charge in [-0.3, -0.25) is 4.90 Å². The molecular formula is C18H24N6. The van der Waals surface area contributed by atoms with Gasteiger partial charge in [0.2, 0.25) is 0 Å². The second-order valence-electron chi connectivity index (χ2n) is 6.67. The fourth-order valence-electron chi connectivity index (χ4n) is 3.50. The molecule has 2 aromatic rings. The van der Waals surface area contributed by atoms with Crippen LogP contribution < -0.4 is 5.32 Å². The average Bonchev–Trinajstić information content (AvgIpc) is 3.17. The fraction of sp³-hybridized carbons (Fsp3) is 0.556. The molecule has 0 aliphatic carbocycles. The molecule has 1 saturated heterocycles. The van der Waals surface area contributed by atoms with E-state index in [1.165, 1.54) is 23.2 Å². The highest BCUT2D eigenvalue weighted by Gasteiger charge is 2.23. The van der Waals surface area contributed by atoms with Crippen molar-refractivity contribution in [2.24, 2.45) is 0 Å². The number of hydrogen-bond acceptors (Lipinski definition) is 6. The Labute approximate surface area is 142 Å². The van der Waals surface area contributed by atoms with Crippen LogP contribution in [0.25, 0.3) is 0 Å². The highest BCUT2D eigenvalue weighted by Crippen LogP contribution is 2.23. The Morgan fingerprint density at radius 1 is 1.21 bits per heavy atom. The van der Waals surface area contributed by atoms with Crippen molar-refractivity contribution in [2.45, 2.75) is 51.7 Å². The van der Waals surface area contributed by atoms with E-state index in [4.69, 9.17) is 4.98 Å². The molecular weight excluding hydrogens is 300 g/mol. The summed E-state index contributed by atoms with van der Waals surface area (Å²) in [6.07, 6.45) is 10.2. The lowest BCUT2D eigenvalue weighted by molar-refractivity contribution is 0.241. The van der Waals surface area contributed by atoms with Crippen LogP contribution in [0.15, 0.2) is 18.6 Å². The summed E-state index contributed by atoms with van der Waals surface area (Å²) in [5, 5.41) is 3.48. The minimum Gasteiger partial charge on any atom is -0.307 e. The smallest absolute Gasteiger partial charge is 0.145 e. The first-order valence-electron chi connectivity index (χ1n) is 8.92. The van der Waals surface area contributed by atoms with Gasteiger partial charge in [0, 0.05) is 67.9 Å². The molecule has 1 atom stereocenters. The predicted octanol–water partition coefficient (Wildman–Crippen LogP) is 1.81. The van der Waals surface area contributed by atoms with Crippen LogP contribution in [0.4, 0.5) is 0 Å². The Kier molecular flexibility index (Phi) is 4.49. The molecule has 2 aliphatic rings. The minimum atomic E-state index is 0.350. The number of nitrogens with zero attached hydrogens (tertiary/aromatic N) is 5. The van der Waals surface area contributed by atoms with Gasteiger partial charge < -0.3 is 5.32 Å². The Balaban J connectivity index is 1.43. The molecule has 2 aromatic heterocycles. The van der Waals surface area contributed by atoms with Crippen LogP contribution in [-0.2, 0) is 25.9 Å². The highest BCUT2D eigenvalue weighted by atomic mass is 15.1. The molecule has 0 radical (unpaired) electrons. The lowest BCUT2D eigenvalue weighted by atomic mass is 10.1. The summed E-state index contributed by atoms with van der Waals surface area (Å²) >= 11 is 0. The zero-order chi connectivity index (χ0) is 16.4. The molecule has 0 amide bonds. The number of aromatic nitrogens is 4. The van der Waals surface area contributed by atoms with Crippen LogP contribution in [0.1, 0.15) is 54.3 Å². The molecule has 0 bridgehead atoms. The van der Waals surface area contributed by atoms with Crippen molar-refractivity contribution in [1.82, 2.24) is 30.2 Å². The summed E-state index contributed by atoms with van der Waals surface area (Å²) in [6.45, 7) is 5.97. The van der Waals surface area contributed by atoms with E-state index in [2.05, 4.69) is 32.1 Å². The van der Waals surface area contributed by atoms with Crippen LogP contribution in [0.3, 0.4) is 0 Å². The third-order valence-corrected chi connectivity index (χ3v) is 4.88. The van der Waals surface area contributed by atoms with Gasteiger partial charge in [-0.2, -0.15) is 0 Å². The van der Waals surface area contributed by atoms with Crippen LogP contribution in [0.5, 0.6) is 0 Å². The maximum Gasteiger partial charge on any atom is 0.145 e. The Morgan fingerprint density at radius 3 is 2.83 bits per heavy atom. The molecule has 6 heteroatoms. The van der Waals surface area contributed by atoms with E-state index in [1.54, 1.807) is 0 Å². The summed E-state index contributed by atoms with van der Waals surface area (Å²) in [7, 11) is 0. The molecule has 24 heavy (non-hydrogen) atoms. The standard InChI is InChI=1S/C18H24N6/c1-2-17-20-8-13(9-21-17)11-24-7-5-15-14(12-24)10-22-18(23-15)16-4-3-6-19-16/h8-10,16,19H,2-7,11-12H2,1H3. The summed E-state index contributed by atoms with van der Waals surface area (Å²) in [5.41, 5.74) is 3.65. The minimum absolute atomic E-state index is 0.350. The number of rotatable bonds is 4. The van der Waals surface area contributed by atoms with Crippen molar-refractivity contribution in [3.63, 3.8) is 0 Å². The number of aryl methyl sites for hydroxylation is 1. The molecule has 1 fully saturated rings. The monoisotopic (exact) mass is 324 g/mol. The highest BCUT2D eigenvalue weighted by molar-refractivity contribution is 5.22. The SMILES string of the molecule is CCc1ncc(CN2CCc3nc(C4CCCN4)ncc3C2)cn1. The van der Waals surface area contributed by atoms with E-state index in [1.807, 2.05) is 18.6 Å². The summed E-state index contributed by atoms with van der Waals surface area (Å²) in [6, 6.07) is 0.350. The molecule has 0 saturated carbocycles. The first-order valence-corrected chi connectivity index (χ1v) is 8.92. The molecule has 4 heterocycles. The fourth-order valence-corrected chi connectivity index (χ4v) is 3.50. The predicted molar refractivity (Wildman–Crippen MR) is 91.2 cm³/mol. The molecule has 1 unspecified atom stereocenters. The van der Waals surface area contributed by atoms with Crippen molar-refractivity contribution < 1.29 is 0 Å². The molecule has 1 N–H and O–H groups in total. The van der Waals surface area contributed by atoms with Crippen molar-refractivity contribution in [3.8, 4) is 0 Å². The van der Waals surface area contributed by atoms with Crippen LogP contribution in [0, 0.1) is 0 Å². The van der Waals surface area contributed by atoms with Gasteiger partial charge in [0.25, 0.3) is 0 Å². The van der Waals surface area contributed by atoms with Gasteiger partial charge in [-0.05, 0) is 19.4 Å². The maximum atomic E-state index is 4.83. The Hall–Kier alpha value is -1.92. The summed E-state index contributed by atoms with van der Waals surface area (Å²) in [4.78, 5) is 20.7. The van der Waals surface area contributed by atoms with Gasteiger partial charge in [0.15, 0.2) is 0 Å². The Bertz CT molecular complexity index is 693. The largest absolute Gasteiger partial charge is 0.307 e. The van der Waals surface area contributed by atoms with Gasteiger partial charge in [0.05, 0.1) is 6.04 Å². The van der Waals surface area contributed by atoms with E-state index >= 15 is 0 Å². The number of hydrogen-bond donors (Lipinski definition) is 1. The van der Waals surface area contributed by atoms with Crippen molar-refractivity contribution >= 4 is 0 Å². The van der Waals surface area contributed by atoms with Gasteiger partial charge in [-0.25, -0.2) is 19.9 Å². The van der Waals surface area contributed by atoms with Crippen LogP contribution >= 0.6 is 0 Å². The molecule has 126 valence electrons. The zero-order valence-electron chi connectivity index (χ0n) is 14.2. The zero-order valence-corrected chi connectivity index (χ0v) is 14.2. The third kappa shape index (κ3) is 3.30. The third-order valence-electron chi connectivity index (χ3n) is 4.88. The van der Waals surface area contributed by atoms with E-state index in [9.17, 15) is 0 Å². The molecule has 6 nitrogen and oxygen atoms in total. The second-order valence-corrected chi connectivity index (χ2v) is 6.67. The van der Waals surface area contributed by atoms with Crippen LogP contribution in [-0.4, -0.2) is 37.9 Å². The topological polar surface area (TPSA) is 66.8 Å². The van der Waals surface area contributed by atoms with Crippen molar-refractivity contribution in [3.05, 3.63) is 47.1 Å². The maximum absolute atomic E-state index is 4.83. The first-order chi connectivity index (χ1) is 11.8. The van der Waals surface area contributed by atoms with E-state index in [-0.39, 0.29) is 0 Å². The van der Waals surface area contributed by atoms with Crippen molar-refractivity contribution in [1.29, 1.82) is 0 Å². The van der Waals surface area contributed by atoms with E-state index < -0.39 is 0 Å². The van der Waals surface area contributed by atoms with Gasteiger partial charge in [-0.1, -0.05) is 6.92 Å². The van der Waals surface area contributed by atoms with E-state index in [0.29, 0.717) is 6.04 Å². The summed E-state index contributed by atoms with van der Waals surface area (Å²) in [5.74, 6) is 1.88. The number of fused-ring (bicyclic) bond motifs is 1. The lowest BCUT2D eigenvalue weighted by Gasteiger charge is -2.28. The molecule has 2 aliphatic heterocycles. The van der Waals surface area contributed by atoms with Crippen molar-refractivity contribution in [2.75, 3.05) is 13.1 Å². The summed E-state index contributed by atoms with van der Waals surface area (Å²) < 4.78 is 0.